The molecule has 0 bridgehead atoms. The Morgan fingerprint density at radius 1 is 0.955 bits per heavy atom. The number of aliphatic imine (C=N–C) groups is 1. The molecular weight excluding hydrogens is 345 g/mol. The highest BCUT2D eigenvalue weighted by Crippen LogP contribution is 2.28. The first kappa shape index (κ1) is 15.1. The van der Waals surface area contributed by atoms with E-state index in [2.05, 4.69) is 4.99 Å². The Kier molecular flexibility index (Phi) is 4.21. The topological polar surface area (TPSA) is 38.7 Å². The van der Waals surface area contributed by atoms with Crippen molar-refractivity contribution in [2.24, 2.45) is 4.99 Å². The molecule has 22 heavy (non-hydrogen) atoms. The van der Waals surface area contributed by atoms with Crippen LogP contribution < -0.4 is 0 Å². The van der Waals surface area contributed by atoms with E-state index in [-0.39, 0.29) is 11.6 Å². The summed E-state index contributed by atoms with van der Waals surface area (Å²) in [7, 11) is 0. The molecule has 110 valence electrons. The Morgan fingerprint density at radius 2 is 1.59 bits per heavy atom. The summed E-state index contributed by atoms with van der Waals surface area (Å²) in [6.45, 7) is 0. The van der Waals surface area contributed by atoms with Gasteiger partial charge < -0.3 is 4.74 Å². The minimum absolute atomic E-state index is 0.139. The van der Waals surface area contributed by atoms with Crippen molar-refractivity contribution < 1.29 is 9.53 Å². The average Bonchev–Trinajstić information content (AvgIpc) is 2.85. The molecule has 1 heterocycles. The molecule has 0 spiro atoms. The van der Waals surface area contributed by atoms with Crippen LogP contribution >= 0.6 is 34.8 Å². The number of hydrogen-bond acceptors (Lipinski definition) is 3. The minimum Gasteiger partial charge on any atom is -0.402 e. The maximum atomic E-state index is 11.9. The van der Waals surface area contributed by atoms with Crippen LogP contribution in [0, 0.1) is 0 Å². The second-order valence-electron chi connectivity index (χ2n) is 4.48. The number of carbonyl (C=O) groups excluding carboxylic acids is 1. The monoisotopic (exact) mass is 351 g/mol. The van der Waals surface area contributed by atoms with Crippen LogP contribution in [0.4, 0.5) is 0 Å². The van der Waals surface area contributed by atoms with Crippen LogP contribution in [0.2, 0.25) is 15.1 Å². The molecule has 1 aliphatic heterocycles. The van der Waals surface area contributed by atoms with E-state index >= 15 is 0 Å². The molecule has 0 aliphatic carbocycles. The van der Waals surface area contributed by atoms with Gasteiger partial charge in [-0.1, -0.05) is 40.9 Å². The van der Waals surface area contributed by atoms with Crippen LogP contribution in [0.1, 0.15) is 11.1 Å². The third kappa shape index (κ3) is 3.02. The van der Waals surface area contributed by atoms with E-state index in [1.165, 1.54) is 6.08 Å². The molecule has 2 aromatic carbocycles. The number of esters is 1. The third-order valence-electron chi connectivity index (χ3n) is 2.99. The van der Waals surface area contributed by atoms with E-state index in [1.54, 1.807) is 42.5 Å². The summed E-state index contributed by atoms with van der Waals surface area (Å²) < 4.78 is 5.17. The smallest absolute Gasteiger partial charge is 0.363 e. The van der Waals surface area contributed by atoms with Crippen LogP contribution in [0.5, 0.6) is 0 Å². The third-order valence-corrected chi connectivity index (χ3v) is 3.90. The van der Waals surface area contributed by atoms with Crippen LogP contribution in [0.25, 0.3) is 6.08 Å². The number of halogens is 3. The molecule has 0 saturated heterocycles. The van der Waals surface area contributed by atoms with E-state index in [4.69, 9.17) is 39.5 Å². The number of rotatable bonds is 2. The molecule has 0 amide bonds. The summed E-state index contributed by atoms with van der Waals surface area (Å²) in [6.07, 6.45) is 1.51. The van der Waals surface area contributed by atoms with Gasteiger partial charge >= 0.3 is 5.97 Å². The summed E-state index contributed by atoms with van der Waals surface area (Å²) >= 11 is 18.0. The van der Waals surface area contributed by atoms with Gasteiger partial charge in [0, 0.05) is 26.2 Å². The molecule has 3 nitrogen and oxygen atoms in total. The van der Waals surface area contributed by atoms with E-state index in [1.807, 2.05) is 0 Å². The molecule has 0 aromatic heterocycles. The summed E-state index contributed by atoms with van der Waals surface area (Å²) in [5.74, 6) is -0.336. The molecule has 0 atom stereocenters. The summed E-state index contributed by atoms with van der Waals surface area (Å²) in [5.41, 5.74) is 1.32. The fourth-order valence-corrected chi connectivity index (χ4v) is 2.54. The van der Waals surface area contributed by atoms with E-state index in [0.29, 0.717) is 26.2 Å². The van der Waals surface area contributed by atoms with Gasteiger partial charge in [0.1, 0.15) is 0 Å². The van der Waals surface area contributed by atoms with Gasteiger partial charge in [-0.15, -0.1) is 0 Å². The summed E-state index contributed by atoms with van der Waals surface area (Å²) in [6, 6.07) is 11.9. The van der Waals surface area contributed by atoms with Crippen molar-refractivity contribution >= 4 is 52.7 Å². The van der Waals surface area contributed by atoms with Crippen molar-refractivity contribution in [1.29, 1.82) is 0 Å². The fraction of sp³-hybridized carbons (Fsp3) is 0. The number of hydrogen-bond donors (Lipinski definition) is 0. The van der Waals surface area contributed by atoms with E-state index < -0.39 is 5.97 Å². The largest absolute Gasteiger partial charge is 0.402 e. The number of carbonyl (C=O) groups is 1. The molecule has 0 radical (unpaired) electrons. The molecular formula is C16H8Cl3NO2. The lowest BCUT2D eigenvalue weighted by molar-refractivity contribution is -0.129. The standard InChI is InChI=1S/C16H8Cl3NO2/c17-10-6-4-9(5-7-10)15-20-14(16(21)22-15)8-11-12(18)2-1-3-13(11)19/h1-8H/b14-8+. The molecule has 0 unspecified atom stereocenters. The van der Waals surface area contributed by atoms with Crippen molar-refractivity contribution in [1.82, 2.24) is 0 Å². The zero-order chi connectivity index (χ0) is 15.7. The van der Waals surface area contributed by atoms with Crippen molar-refractivity contribution in [3.05, 3.63) is 74.4 Å². The maximum Gasteiger partial charge on any atom is 0.363 e. The Balaban J connectivity index is 1.99. The molecule has 0 saturated carbocycles. The second kappa shape index (κ2) is 6.13. The van der Waals surface area contributed by atoms with Crippen LogP contribution in [-0.4, -0.2) is 11.9 Å². The summed E-state index contributed by atoms with van der Waals surface area (Å²) in [4.78, 5) is 16.1. The number of benzene rings is 2. The van der Waals surface area contributed by atoms with Gasteiger partial charge in [-0.3, -0.25) is 0 Å². The number of nitrogens with zero attached hydrogens (tertiary/aromatic N) is 1. The van der Waals surface area contributed by atoms with Gasteiger partial charge in [0.25, 0.3) is 0 Å². The normalized spacial score (nSPS) is 15.9. The van der Waals surface area contributed by atoms with E-state index in [0.717, 1.165) is 0 Å². The van der Waals surface area contributed by atoms with Crippen molar-refractivity contribution in [2.75, 3.05) is 0 Å². The van der Waals surface area contributed by atoms with Crippen LogP contribution in [0.3, 0.4) is 0 Å². The Bertz CT molecular complexity index is 790. The SMILES string of the molecule is O=C1OC(c2ccc(Cl)cc2)=N/C1=C/c1c(Cl)cccc1Cl. The maximum absolute atomic E-state index is 11.9. The van der Waals surface area contributed by atoms with Crippen LogP contribution in [0.15, 0.2) is 53.2 Å². The van der Waals surface area contributed by atoms with Gasteiger partial charge in [-0.2, -0.15) is 0 Å². The van der Waals surface area contributed by atoms with E-state index in [9.17, 15) is 4.79 Å². The predicted molar refractivity (Wildman–Crippen MR) is 88.5 cm³/mol. The van der Waals surface area contributed by atoms with Gasteiger partial charge in [0.2, 0.25) is 5.90 Å². The Morgan fingerprint density at radius 3 is 2.23 bits per heavy atom. The van der Waals surface area contributed by atoms with Crippen molar-refractivity contribution in [3.63, 3.8) is 0 Å². The second-order valence-corrected chi connectivity index (χ2v) is 5.73. The highest BCUT2D eigenvalue weighted by Gasteiger charge is 2.24. The first-order valence-corrected chi connectivity index (χ1v) is 7.40. The zero-order valence-corrected chi connectivity index (χ0v) is 13.3. The lowest BCUT2D eigenvalue weighted by Crippen LogP contribution is -2.05. The van der Waals surface area contributed by atoms with Gasteiger partial charge in [0.05, 0.1) is 0 Å². The Labute approximate surface area is 141 Å². The van der Waals surface area contributed by atoms with Crippen molar-refractivity contribution in [2.45, 2.75) is 0 Å². The predicted octanol–water partition coefficient (Wildman–Crippen LogP) is 4.99. The van der Waals surface area contributed by atoms with Gasteiger partial charge in [0.15, 0.2) is 5.70 Å². The minimum atomic E-state index is -0.555. The fourth-order valence-electron chi connectivity index (χ4n) is 1.91. The summed E-state index contributed by atoms with van der Waals surface area (Å²) in [5, 5.41) is 1.46. The lowest BCUT2D eigenvalue weighted by Gasteiger charge is -2.00. The first-order chi connectivity index (χ1) is 10.5. The molecule has 6 heteroatoms. The molecule has 1 aliphatic rings. The first-order valence-electron chi connectivity index (χ1n) is 6.27. The Hall–Kier alpha value is -1.81. The number of cyclic esters (lactones) is 1. The zero-order valence-electron chi connectivity index (χ0n) is 11.0. The molecule has 3 rings (SSSR count). The van der Waals surface area contributed by atoms with Crippen LogP contribution in [-0.2, 0) is 9.53 Å². The average molecular weight is 353 g/mol. The molecule has 2 aromatic rings. The molecule has 0 fully saturated rings. The molecule has 0 N–H and O–H groups in total. The quantitative estimate of drug-likeness (QED) is 0.564. The highest BCUT2D eigenvalue weighted by atomic mass is 35.5. The van der Waals surface area contributed by atoms with Crippen molar-refractivity contribution in [3.8, 4) is 0 Å². The van der Waals surface area contributed by atoms with Gasteiger partial charge in [-0.05, 0) is 42.5 Å². The highest BCUT2D eigenvalue weighted by molar-refractivity contribution is 6.37. The number of ether oxygens (including phenoxy) is 1. The van der Waals surface area contributed by atoms with Gasteiger partial charge in [-0.25, -0.2) is 9.79 Å². The lowest BCUT2D eigenvalue weighted by atomic mass is 10.2.